The van der Waals surface area contributed by atoms with E-state index in [9.17, 15) is 9.59 Å². The summed E-state index contributed by atoms with van der Waals surface area (Å²) in [6.07, 6.45) is 1.14. The van der Waals surface area contributed by atoms with Gasteiger partial charge in [-0.2, -0.15) is 0 Å². The Morgan fingerprint density at radius 3 is 3.05 bits per heavy atom. The van der Waals surface area contributed by atoms with Gasteiger partial charge in [-0.25, -0.2) is 0 Å². The van der Waals surface area contributed by atoms with Crippen molar-refractivity contribution in [2.24, 2.45) is 0 Å². The maximum absolute atomic E-state index is 12.7. The highest BCUT2D eigenvalue weighted by Gasteiger charge is 2.28. The van der Waals surface area contributed by atoms with E-state index in [0.717, 1.165) is 15.4 Å². The summed E-state index contributed by atoms with van der Waals surface area (Å²) in [7, 11) is 0. The van der Waals surface area contributed by atoms with Crippen LogP contribution in [0.2, 0.25) is 0 Å². The Balaban J connectivity index is 1.85. The second-order valence-corrected chi connectivity index (χ2v) is 6.06. The van der Waals surface area contributed by atoms with Crippen LogP contribution < -0.4 is 0 Å². The van der Waals surface area contributed by atoms with E-state index in [2.05, 4.69) is 20.9 Å². The van der Waals surface area contributed by atoms with Gasteiger partial charge in [0.05, 0.1) is 24.7 Å². The van der Waals surface area contributed by atoms with E-state index in [-0.39, 0.29) is 12.3 Å². The van der Waals surface area contributed by atoms with Gasteiger partial charge in [-0.1, -0.05) is 22.0 Å². The van der Waals surface area contributed by atoms with E-state index in [1.54, 1.807) is 11.1 Å². The third-order valence-corrected chi connectivity index (χ3v) is 4.37. The fraction of sp³-hybridized carbons (Fsp3) is 0.333. The Morgan fingerprint density at radius 1 is 1.45 bits per heavy atom. The summed E-state index contributed by atoms with van der Waals surface area (Å²) in [6.45, 7) is 1.11. The number of rotatable bonds is 3. The average Bonchev–Trinajstić information content (AvgIpc) is 2.91. The standard InChI is InChI=1S/C15H15BrN2O4/c16-11-2-1-3-12-14(11)10(7-17-12)15(21)18-4-5-22-9(8-18)6-13(19)20/h1-3,7,9,17H,4-6,8H2,(H,19,20). The van der Waals surface area contributed by atoms with Gasteiger partial charge in [-0.3, -0.25) is 9.59 Å². The van der Waals surface area contributed by atoms with E-state index in [0.29, 0.717) is 25.3 Å². The molecule has 22 heavy (non-hydrogen) atoms. The number of fused-ring (bicyclic) bond motifs is 1. The average molecular weight is 367 g/mol. The van der Waals surface area contributed by atoms with Crippen LogP contribution >= 0.6 is 15.9 Å². The Kier molecular flexibility index (Phi) is 4.17. The van der Waals surface area contributed by atoms with Crippen LogP contribution in [-0.2, 0) is 9.53 Å². The number of carboxylic acid groups (broad SMARTS) is 1. The molecule has 2 aromatic rings. The maximum Gasteiger partial charge on any atom is 0.306 e. The second kappa shape index (κ2) is 6.10. The Bertz CT molecular complexity index is 727. The Hall–Kier alpha value is -1.86. The number of carbonyl (C=O) groups is 2. The lowest BCUT2D eigenvalue weighted by atomic mass is 10.1. The number of nitrogens with one attached hydrogen (secondary N) is 1. The molecule has 2 N–H and O–H groups in total. The highest BCUT2D eigenvalue weighted by Crippen LogP contribution is 2.28. The highest BCUT2D eigenvalue weighted by atomic mass is 79.9. The molecule has 6 nitrogen and oxygen atoms in total. The molecule has 0 spiro atoms. The number of aliphatic carboxylic acids is 1. The van der Waals surface area contributed by atoms with Crippen molar-refractivity contribution in [1.82, 2.24) is 9.88 Å². The van der Waals surface area contributed by atoms with Crippen molar-refractivity contribution in [2.75, 3.05) is 19.7 Å². The summed E-state index contributed by atoms with van der Waals surface area (Å²) >= 11 is 3.47. The normalized spacial score (nSPS) is 18.6. The molecule has 1 aliphatic heterocycles. The summed E-state index contributed by atoms with van der Waals surface area (Å²) in [5.74, 6) is -1.04. The smallest absolute Gasteiger partial charge is 0.306 e. The monoisotopic (exact) mass is 366 g/mol. The molecule has 116 valence electrons. The van der Waals surface area contributed by atoms with Gasteiger partial charge >= 0.3 is 5.97 Å². The molecule has 0 bridgehead atoms. The molecule has 1 fully saturated rings. The van der Waals surface area contributed by atoms with Crippen molar-refractivity contribution < 1.29 is 19.4 Å². The zero-order valence-corrected chi connectivity index (χ0v) is 13.3. The number of aromatic amines is 1. The lowest BCUT2D eigenvalue weighted by Crippen LogP contribution is -2.46. The van der Waals surface area contributed by atoms with Gasteiger partial charge in [0, 0.05) is 34.7 Å². The van der Waals surface area contributed by atoms with Crippen LogP contribution in [0.5, 0.6) is 0 Å². The first-order valence-electron chi connectivity index (χ1n) is 6.94. The van der Waals surface area contributed by atoms with Crippen molar-refractivity contribution >= 4 is 38.7 Å². The van der Waals surface area contributed by atoms with Crippen LogP contribution in [0.25, 0.3) is 10.9 Å². The van der Waals surface area contributed by atoms with Crippen LogP contribution in [0, 0.1) is 0 Å². The second-order valence-electron chi connectivity index (χ2n) is 5.21. The lowest BCUT2D eigenvalue weighted by Gasteiger charge is -2.32. The molecular weight excluding hydrogens is 352 g/mol. The zero-order valence-electron chi connectivity index (χ0n) is 11.7. The van der Waals surface area contributed by atoms with E-state index in [1.165, 1.54) is 0 Å². The minimum atomic E-state index is -0.922. The number of H-pyrrole nitrogens is 1. The van der Waals surface area contributed by atoms with Crippen LogP contribution in [-0.4, -0.2) is 52.7 Å². The van der Waals surface area contributed by atoms with Crippen LogP contribution in [0.4, 0.5) is 0 Å². The summed E-state index contributed by atoms with van der Waals surface area (Å²) in [5, 5.41) is 9.70. The number of ether oxygens (including phenoxy) is 1. The summed E-state index contributed by atoms with van der Waals surface area (Å²) in [5.41, 5.74) is 1.46. The summed E-state index contributed by atoms with van der Waals surface area (Å²) in [6, 6.07) is 5.69. The minimum Gasteiger partial charge on any atom is -0.481 e. The number of nitrogens with zero attached hydrogens (tertiary/aromatic N) is 1. The van der Waals surface area contributed by atoms with Gasteiger partial charge < -0.3 is 19.7 Å². The number of hydrogen-bond donors (Lipinski definition) is 2. The zero-order chi connectivity index (χ0) is 15.7. The quantitative estimate of drug-likeness (QED) is 0.872. The molecule has 7 heteroatoms. The summed E-state index contributed by atoms with van der Waals surface area (Å²) < 4.78 is 6.26. The van der Waals surface area contributed by atoms with Crippen molar-refractivity contribution in [3.8, 4) is 0 Å². The molecule has 1 unspecified atom stereocenters. The number of carboxylic acids is 1. The fourth-order valence-electron chi connectivity index (χ4n) is 2.70. The van der Waals surface area contributed by atoms with Gasteiger partial charge in [0.2, 0.25) is 0 Å². The molecule has 1 saturated heterocycles. The predicted molar refractivity (Wildman–Crippen MR) is 83.9 cm³/mol. The lowest BCUT2D eigenvalue weighted by molar-refractivity contribution is -0.141. The van der Waals surface area contributed by atoms with Gasteiger partial charge in [0.1, 0.15) is 0 Å². The largest absolute Gasteiger partial charge is 0.481 e. The highest BCUT2D eigenvalue weighted by molar-refractivity contribution is 9.10. The molecule has 1 amide bonds. The molecule has 1 aromatic carbocycles. The summed E-state index contributed by atoms with van der Waals surface area (Å²) in [4.78, 5) is 28.3. The van der Waals surface area contributed by atoms with E-state index in [4.69, 9.17) is 9.84 Å². The van der Waals surface area contributed by atoms with Gasteiger partial charge in [-0.05, 0) is 12.1 Å². The molecule has 3 rings (SSSR count). The first-order valence-corrected chi connectivity index (χ1v) is 7.74. The number of halogens is 1. The van der Waals surface area contributed by atoms with E-state index >= 15 is 0 Å². The first-order chi connectivity index (χ1) is 10.6. The molecule has 0 saturated carbocycles. The molecule has 1 aliphatic rings. The van der Waals surface area contributed by atoms with Crippen LogP contribution in [0.1, 0.15) is 16.8 Å². The van der Waals surface area contributed by atoms with Crippen molar-refractivity contribution in [3.63, 3.8) is 0 Å². The predicted octanol–water partition coefficient (Wildman–Crippen LogP) is 2.25. The number of aromatic nitrogens is 1. The van der Waals surface area contributed by atoms with E-state index in [1.807, 2.05) is 18.2 Å². The number of benzene rings is 1. The number of morpholine rings is 1. The van der Waals surface area contributed by atoms with Crippen LogP contribution in [0.3, 0.4) is 0 Å². The molecule has 1 atom stereocenters. The first kappa shape index (κ1) is 15.1. The van der Waals surface area contributed by atoms with E-state index < -0.39 is 12.1 Å². The van der Waals surface area contributed by atoms with Gasteiger partial charge in [-0.15, -0.1) is 0 Å². The number of amides is 1. The molecular formula is C15H15BrN2O4. The van der Waals surface area contributed by atoms with Gasteiger partial charge in [0.15, 0.2) is 0 Å². The Morgan fingerprint density at radius 2 is 2.27 bits per heavy atom. The number of hydrogen-bond acceptors (Lipinski definition) is 3. The molecule has 0 radical (unpaired) electrons. The van der Waals surface area contributed by atoms with Gasteiger partial charge in [0.25, 0.3) is 5.91 Å². The molecule has 2 heterocycles. The third kappa shape index (κ3) is 2.86. The Labute approximate surface area is 135 Å². The maximum atomic E-state index is 12.7. The van der Waals surface area contributed by atoms with Crippen molar-refractivity contribution in [2.45, 2.75) is 12.5 Å². The minimum absolute atomic E-state index is 0.0959. The fourth-order valence-corrected chi connectivity index (χ4v) is 3.28. The SMILES string of the molecule is O=C(O)CC1CN(C(=O)c2c[nH]c3cccc(Br)c23)CCO1. The van der Waals surface area contributed by atoms with Crippen molar-refractivity contribution in [3.05, 3.63) is 34.4 Å². The van der Waals surface area contributed by atoms with Crippen LogP contribution in [0.15, 0.2) is 28.9 Å². The molecule has 0 aliphatic carbocycles. The number of carbonyl (C=O) groups excluding carboxylic acids is 1. The topological polar surface area (TPSA) is 82.6 Å². The third-order valence-electron chi connectivity index (χ3n) is 3.71. The molecule has 1 aromatic heterocycles. The van der Waals surface area contributed by atoms with Crippen molar-refractivity contribution in [1.29, 1.82) is 0 Å².